The lowest BCUT2D eigenvalue weighted by atomic mass is 9.71. The fraction of sp³-hybridized carbons (Fsp3) is 0.667. The van der Waals surface area contributed by atoms with E-state index in [1.165, 1.54) is 0 Å². The second-order valence-electron chi connectivity index (χ2n) is 7.08. The summed E-state index contributed by atoms with van der Waals surface area (Å²) < 4.78 is 5.65. The van der Waals surface area contributed by atoms with Crippen LogP contribution in [-0.4, -0.2) is 30.4 Å². The van der Waals surface area contributed by atoms with Crippen molar-refractivity contribution in [1.29, 1.82) is 0 Å². The number of hydrogen-bond acceptors (Lipinski definition) is 3. The molecule has 1 aliphatic rings. The molecule has 1 aliphatic carbocycles. The molecule has 0 bridgehead atoms. The van der Waals surface area contributed by atoms with E-state index in [9.17, 15) is 5.11 Å². The van der Waals surface area contributed by atoms with Gasteiger partial charge in [-0.1, -0.05) is 32.0 Å². The first-order valence-corrected chi connectivity index (χ1v) is 8.10. The monoisotopic (exact) mass is 291 g/mol. The van der Waals surface area contributed by atoms with E-state index in [2.05, 4.69) is 19.2 Å². The Bertz CT molecular complexity index is 406. The Morgan fingerprint density at radius 1 is 1.10 bits per heavy atom. The summed E-state index contributed by atoms with van der Waals surface area (Å²) in [6.45, 7) is 6.89. The predicted molar refractivity (Wildman–Crippen MR) is 86.6 cm³/mol. The summed E-state index contributed by atoms with van der Waals surface area (Å²) in [7, 11) is 0. The third-order valence-corrected chi connectivity index (χ3v) is 4.50. The highest BCUT2D eigenvalue weighted by molar-refractivity contribution is 5.20. The van der Waals surface area contributed by atoms with Gasteiger partial charge in [0.05, 0.1) is 12.2 Å². The van der Waals surface area contributed by atoms with Gasteiger partial charge in [-0.15, -0.1) is 0 Å². The summed E-state index contributed by atoms with van der Waals surface area (Å²) in [5, 5.41) is 13.9. The van der Waals surface area contributed by atoms with Gasteiger partial charge in [0.25, 0.3) is 0 Å². The van der Waals surface area contributed by atoms with E-state index in [1.54, 1.807) is 0 Å². The van der Waals surface area contributed by atoms with Crippen LogP contribution >= 0.6 is 0 Å². The van der Waals surface area contributed by atoms with E-state index in [1.807, 2.05) is 30.3 Å². The number of nitrogens with one attached hydrogen (secondary N) is 1. The highest BCUT2D eigenvalue weighted by Crippen LogP contribution is 2.39. The minimum Gasteiger partial charge on any atom is -0.494 e. The SMILES string of the molecule is CC1(C)CCC(O)(CNCCCOc2ccccc2)CC1. The second-order valence-corrected chi connectivity index (χ2v) is 7.08. The molecule has 0 heterocycles. The minimum absolute atomic E-state index is 0.399. The Morgan fingerprint density at radius 2 is 1.76 bits per heavy atom. The number of hydrogen-bond donors (Lipinski definition) is 2. The normalized spacial score (nSPS) is 20.1. The summed E-state index contributed by atoms with van der Waals surface area (Å²) in [5.74, 6) is 0.922. The molecule has 0 radical (unpaired) electrons. The highest BCUT2D eigenvalue weighted by atomic mass is 16.5. The molecule has 118 valence electrons. The molecule has 0 atom stereocenters. The molecule has 0 aliphatic heterocycles. The quantitative estimate of drug-likeness (QED) is 0.757. The Hall–Kier alpha value is -1.06. The number of ether oxygens (including phenoxy) is 1. The van der Waals surface area contributed by atoms with Crippen LogP contribution in [0.25, 0.3) is 0 Å². The molecule has 2 N–H and O–H groups in total. The summed E-state index contributed by atoms with van der Waals surface area (Å²) >= 11 is 0. The Kier molecular flexibility index (Phi) is 5.65. The molecule has 3 nitrogen and oxygen atoms in total. The zero-order valence-corrected chi connectivity index (χ0v) is 13.4. The van der Waals surface area contributed by atoms with E-state index in [0.29, 0.717) is 18.6 Å². The van der Waals surface area contributed by atoms with Crippen LogP contribution in [0.5, 0.6) is 5.75 Å². The molecule has 0 saturated heterocycles. The van der Waals surface area contributed by atoms with Crippen LogP contribution in [0.2, 0.25) is 0 Å². The fourth-order valence-electron chi connectivity index (χ4n) is 2.79. The zero-order valence-electron chi connectivity index (χ0n) is 13.4. The zero-order chi connectivity index (χ0) is 15.2. The standard InChI is InChI=1S/C18H29NO2/c1-17(2)9-11-18(20,12-10-17)15-19-13-6-14-21-16-7-4-3-5-8-16/h3-5,7-8,19-20H,6,9-15H2,1-2H3. The van der Waals surface area contributed by atoms with E-state index in [-0.39, 0.29) is 0 Å². The molecule has 0 unspecified atom stereocenters. The summed E-state index contributed by atoms with van der Waals surface area (Å²) in [5.41, 5.74) is -0.106. The first-order chi connectivity index (χ1) is 9.99. The van der Waals surface area contributed by atoms with Crippen molar-refractivity contribution in [3.05, 3.63) is 30.3 Å². The molecule has 0 aromatic heterocycles. The van der Waals surface area contributed by atoms with Gasteiger partial charge >= 0.3 is 0 Å². The van der Waals surface area contributed by atoms with Gasteiger partial charge in [-0.05, 0) is 56.2 Å². The van der Waals surface area contributed by atoms with Gasteiger partial charge in [-0.2, -0.15) is 0 Å². The number of para-hydroxylation sites is 1. The number of benzene rings is 1. The van der Waals surface area contributed by atoms with Crippen molar-refractivity contribution in [3.63, 3.8) is 0 Å². The Morgan fingerprint density at radius 3 is 2.43 bits per heavy atom. The second kappa shape index (κ2) is 7.28. The van der Waals surface area contributed by atoms with Crippen LogP contribution in [-0.2, 0) is 0 Å². The van der Waals surface area contributed by atoms with Crippen LogP contribution in [0.3, 0.4) is 0 Å². The van der Waals surface area contributed by atoms with Crippen LogP contribution in [0.15, 0.2) is 30.3 Å². The lowest BCUT2D eigenvalue weighted by Gasteiger charge is -2.40. The van der Waals surface area contributed by atoms with Crippen molar-refractivity contribution in [1.82, 2.24) is 5.32 Å². The van der Waals surface area contributed by atoms with Crippen molar-refractivity contribution in [2.75, 3.05) is 19.7 Å². The van der Waals surface area contributed by atoms with E-state index in [4.69, 9.17) is 4.74 Å². The largest absolute Gasteiger partial charge is 0.494 e. The van der Waals surface area contributed by atoms with Gasteiger partial charge < -0.3 is 15.2 Å². The van der Waals surface area contributed by atoms with Gasteiger partial charge in [-0.25, -0.2) is 0 Å². The molecule has 21 heavy (non-hydrogen) atoms. The fourth-order valence-corrected chi connectivity index (χ4v) is 2.79. The van der Waals surface area contributed by atoms with Crippen molar-refractivity contribution < 1.29 is 9.84 Å². The average Bonchev–Trinajstić information content (AvgIpc) is 2.48. The molecule has 1 aromatic carbocycles. The first kappa shape index (κ1) is 16.3. The van der Waals surface area contributed by atoms with Crippen molar-refractivity contribution in [2.24, 2.45) is 5.41 Å². The van der Waals surface area contributed by atoms with Crippen molar-refractivity contribution in [3.8, 4) is 5.75 Å². The predicted octanol–water partition coefficient (Wildman–Crippen LogP) is 3.38. The molecule has 1 fully saturated rings. The molecule has 1 aromatic rings. The van der Waals surface area contributed by atoms with Gasteiger partial charge in [0, 0.05) is 6.54 Å². The first-order valence-electron chi connectivity index (χ1n) is 8.10. The molecule has 2 rings (SSSR count). The molecule has 0 spiro atoms. The van der Waals surface area contributed by atoms with E-state index >= 15 is 0 Å². The maximum atomic E-state index is 10.5. The van der Waals surface area contributed by atoms with E-state index < -0.39 is 5.60 Å². The number of rotatable bonds is 7. The molecule has 3 heteroatoms. The van der Waals surface area contributed by atoms with Crippen LogP contribution < -0.4 is 10.1 Å². The highest BCUT2D eigenvalue weighted by Gasteiger charge is 2.36. The smallest absolute Gasteiger partial charge is 0.119 e. The minimum atomic E-state index is -0.504. The maximum absolute atomic E-state index is 10.5. The third-order valence-electron chi connectivity index (χ3n) is 4.50. The van der Waals surface area contributed by atoms with Crippen LogP contribution in [0.1, 0.15) is 46.0 Å². The summed E-state index contributed by atoms with van der Waals surface area (Å²) in [6, 6.07) is 9.89. The molecule has 0 amide bonds. The summed E-state index contributed by atoms with van der Waals surface area (Å²) in [6.07, 6.45) is 5.00. The third kappa shape index (κ3) is 5.68. The molecular weight excluding hydrogens is 262 g/mol. The van der Waals surface area contributed by atoms with Crippen LogP contribution in [0.4, 0.5) is 0 Å². The lowest BCUT2D eigenvalue weighted by Crippen LogP contribution is -2.45. The number of aliphatic hydroxyl groups is 1. The van der Waals surface area contributed by atoms with Gasteiger partial charge in [0.1, 0.15) is 5.75 Å². The van der Waals surface area contributed by atoms with Gasteiger partial charge in [0.15, 0.2) is 0 Å². The maximum Gasteiger partial charge on any atom is 0.119 e. The van der Waals surface area contributed by atoms with Gasteiger partial charge in [-0.3, -0.25) is 0 Å². The average molecular weight is 291 g/mol. The lowest BCUT2D eigenvalue weighted by molar-refractivity contribution is -0.0242. The molecule has 1 saturated carbocycles. The topological polar surface area (TPSA) is 41.5 Å². The van der Waals surface area contributed by atoms with Crippen LogP contribution in [0, 0.1) is 5.41 Å². The Labute approximate surface area is 128 Å². The van der Waals surface area contributed by atoms with Crippen molar-refractivity contribution >= 4 is 0 Å². The molecular formula is C18H29NO2. The van der Waals surface area contributed by atoms with Gasteiger partial charge in [0.2, 0.25) is 0 Å². The summed E-state index contributed by atoms with van der Waals surface area (Å²) in [4.78, 5) is 0. The van der Waals surface area contributed by atoms with Crippen molar-refractivity contribution in [2.45, 2.75) is 51.6 Å². The van der Waals surface area contributed by atoms with E-state index in [0.717, 1.165) is 44.4 Å². The Balaban J connectivity index is 1.56.